The monoisotopic (exact) mass is 559 g/mol. The molecular weight excluding hydrogens is 514 g/mol. The molecule has 2 aliphatic rings. The minimum absolute atomic E-state index is 0.0282. The van der Waals surface area contributed by atoms with Crippen molar-refractivity contribution in [2.45, 2.75) is 77.7 Å². The Morgan fingerprint density at radius 2 is 1.69 bits per heavy atom. The van der Waals surface area contributed by atoms with Gasteiger partial charge in [0.15, 0.2) is 0 Å². The maximum absolute atomic E-state index is 14.4. The molecule has 0 heterocycles. The van der Waals surface area contributed by atoms with Crippen LogP contribution in [0.25, 0.3) is 10.8 Å². The van der Waals surface area contributed by atoms with Crippen molar-refractivity contribution in [3.8, 4) is 5.75 Å². The largest absolute Gasteiger partial charge is 0.497 e. The van der Waals surface area contributed by atoms with E-state index < -0.39 is 0 Å². The minimum atomic E-state index is 0.0282. The van der Waals surface area contributed by atoms with Crippen LogP contribution < -0.4 is 4.74 Å². The zero-order valence-electron chi connectivity index (χ0n) is 26.0. The number of rotatable bonds is 7. The maximum Gasteiger partial charge on any atom is 0.254 e. The number of fused-ring (bicyclic) bond motifs is 4. The number of carbonyl (C=O) groups excluding carboxylic acids is 1. The summed E-state index contributed by atoms with van der Waals surface area (Å²) in [5, 5.41) is 2.26. The van der Waals surface area contributed by atoms with E-state index in [0.717, 1.165) is 47.0 Å². The Kier molecular flexibility index (Phi) is 7.64. The predicted molar refractivity (Wildman–Crippen MR) is 173 cm³/mol. The molecular formula is C39H45NO2. The lowest BCUT2D eigenvalue weighted by atomic mass is 9.49. The fraction of sp³-hybridized carbons (Fsp3) is 0.410. The van der Waals surface area contributed by atoms with Crippen molar-refractivity contribution >= 4 is 16.7 Å². The van der Waals surface area contributed by atoms with E-state index in [1.54, 1.807) is 18.2 Å². The minimum Gasteiger partial charge on any atom is -0.497 e. The van der Waals surface area contributed by atoms with Gasteiger partial charge in [-0.1, -0.05) is 94.8 Å². The lowest BCUT2D eigenvalue weighted by molar-refractivity contribution is -0.00281. The van der Waals surface area contributed by atoms with Gasteiger partial charge in [-0.25, -0.2) is 0 Å². The zero-order chi connectivity index (χ0) is 29.5. The first-order chi connectivity index (χ1) is 20.2. The number of benzene rings is 4. The van der Waals surface area contributed by atoms with Crippen LogP contribution in [0.15, 0.2) is 84.9 Å². The molecule has 0 saturated heterocycles. The second-order valence-corrected chi connectivity index (χ2v) is 13.7. The first-order valence-electron chi connectivity index (χ1n) is 15.7. The highest BCUT2D eigenvalue weighted by molar-refractivity contribution is 5.98. The second kappa shape index (κ2) is 11.2. The fourth-order valence-electron chi connectivity index (χ4n) is 8.28. The predicted octanol–water partition coefficient (Wildman–Crippen LogP) is 9.32. The average molecular weight is 560 g/mol. The van der Waals surface area contributed by atoms with Crippen LogP contribution in [0.4, 0.5) is 0 Å². The van der Waals surface area contributed by atoms with E-state index >= 15 is 0 Å². The Balaban J connectivity index is 1.35. The molecule has 3 atom stereocenters. The van der Waals surface area contributed by atoms with Gasteiger partial charge < -0.3 is 9.64 Å². The Morgan fingerprint density at radius 3 is 2.43 bits per heavy atom. The van der Waals surface area contributed by atoms with Crippen molar-refractivity contribution in [2.75, 3.05) is 13.7 Å². The van der Waals surface area contributed by atoms with Crippen molar-refractivity contribution in [1.29, 1.82) is 0 Å². The quantitative estimate of drug-likeness (QED) is 0.226. The molecule has 0 aliphatic heterocycles. The van der Waals surface area contributed by atoms with Gasteiger partial charge in [-0.15, -0.1) is 0 Å². The van der Waals surface area contributed by atoms with Crippen LogP contribution in [0, 0.1) is 11.3 Å². The van der Waals surface area contributed by atoms with Crippen LogP contribution in [0.3, 0.4) is 0 Å². The molecule has 0 bridgehead atoms. The van der Waals surface area contributed by atoms with Crippen LogP contribution in [0.2, 0.25) is 0 Å². The summed E-state index contributed by atoms with van der Waals surface area (Å²) in [6, 6.07) is 29.9. The van der Waals surface area contributed by atoms with E-state index in [2.05, 4.69) is 87.2 Å². The summed E-state index contributed by atoms with van der Waals surface area (Å²) in [5.74, 6) is 2.02. The molecule has 0 aromatic heterocycles. The van der Waals surface area contributed by atoms with Gasteiger partial charge in [0.2, 0.25) is 0 Å². The molecule has 1 saturated carbocycles. The van der Waals surface area contributed by atoms with E-state index in [9.17, 15) is 4.79 Å². The Hall–Kier alpha value is -3.59. The Bertz CT molecular complexity index is 1590. The third-order valence-electron chi connectivity index (χ3n) is 10.5. The van der Waals surface area contributed by atoms with Crippen LogP contribution >= 0.6 is 0 Å². The van der Waals surface area contributed by atoms with E-state index in [4.69, 9.17) is 4.74 Å². The Labute approximate surface area is 251 Å². The van der Waals surface area contributed by atoms with Gasteiger partial charge >= 0.3 is 0 Å². The van der Waals surface area contributed by atoms with Crippen molar-refractivity contribution in [1.82, 2.24) is 4.90 Å². The summed E-state index contributed by atoms with van der Waals surface area (Å²) in [5.41, 5.74) is 6.60. The lowest BCUT2D eigenvalue weighted by Crippen LogP contribution is -2.53. The summed E-state index contributed by atoms with van der Waals surface area (Å²) in [4.78, 5) is 16.5. The third kappa shape index (κ3) is 5.23. The topological polar surface area (TPSA) is 29.5 Å². The number of hydrogen-bond acceptors (Lipinski definition) is 2. The van der Waals surface area contributed by atoms with Gasteiger partial charge in [-0.05, 0) is 106 Å². The second-order valence-electron chi connectivity index (χ2n) is 13.7. The number of carbonyl (C=O) groups is 1. The van der Waals surface area contributed by atoms with E-state index in [1.807, 2.05) is 30.3 Å². The number of nitrogens with zero attached hydrogens (tertiary/aromatic N) is 1. The smallest absolute Gasteiger partial charge is 0.254 e. The Morgan fingerprint density at radius 1 is 0.929 bits per heavy atom. The van der Waals surface area contributed by atoms with Gasteiger partial charge in [0.1, 0.15) is 5.75 Å². The van der Waals surface area contributed by atoms with Crippen molar-refractivity contribution < 1.29 is 9.53 Å². The van der Waals surface area contributed by atoms with E-state index in [-0.39, 0.29) is 16.7 Å². The molecule has 0 N–H and O–H groups in total. The fourth-order valence-corrected chi connectivity index (χ4v) is 8.28. The van der Waals surface area contributed by atoms with E-state index in [1.165, 1.54) is 24.8 Å². The van der Waals surface area contributed by atoms with Crippen LogP contribution in [0.5, 0.6) is 5.75 Å². The highest BCUT2D eigenvalue weighted by atomic mass is 16.5. The number of ether oxygens (including phenoxy) is 1. The molecule has 3 heteroatoms. The van der Waals surface area contributed by atoms with Crippen LogP contribution in [0.1, 0.15) is 91.9 Å². The van der Waals surface area contributed by atoms with Gasteiger partial charge in [0.05, 0.1) is 7.11 Å². The highest BCUT2D eigenvalue weighted by Crippen LogP contribution is 2.57. The molecule has 4 aromatic carbocycles. The molecule has 218 valence electrons. The normalized spacial score (nSPS) is 23.3. The van der Waals surface area contributed by atoms with E-state index in [0.29, 0.717) is 18.4 Å². The van der Waals surface area contributed by atoms with Crippen LogP contribution in [-0.4, -0.2) is 24.5 Å². The number of aryl methyl sites for hydroxylation is 1. The molecule has 0 radical (unpaired) electrons. The average Bonchev–Trinajstić information content (AvgIpc) is 3.00. The van der Waals surface area contributed by atoms with Gasteiger partial charge in [0, 0.05) is 18.7 Å². The van der Waals surface area contributed by atoms with Crippen LogP contribution in [-0.2, 0) is 18.4 Å². The summed E-state index contributed by atoms with van der Waals surface area (Å²) >= 11 is 0. The molecule has 2 aliphatic carbocycles. The number of amides is 1. The first kappa shape index (κ1) is 28.5. The van der Waals surface area contributed by atoms with Gasteiger partial charge in [-0.2, -0.15) is 0 Å². The standard InChI is InChI=1S/C39H45NO2/c1-27(2)30-15-19-35-32(23-30)16-20-36-38(3,21-8-22-39(35,36)4)26-40(25-28-11-17-34(42-5)18-12-28)37(41)33-14-13-29-9-6-7-10-31(29)24-33/h6-7,9-15,17-19,23-24,27,36H,8,16,20-22,25-26H2,1-5H3. The summed E-state index contributed by atoms with van der Waals surface area (Å²) < 4.78 is 5.41. The molecule has 4 aromatic rings. The molecule has 1 amide bonds. The zero-order valence-corrected chi connectivity index (χ0v) is 26.0. The van der Waals surface area contributed by atoms with Crippen molar-refractivity contribution in [2.24, 2.45) is 11.3 Å². The van der Waals surface area contributed by atoms with Crippen molar-refractivity contribution in [3.63, 3.8) is 0 Å². The molecule has 1 fully saturated rings. The molecule has 6 rings (SSSR count). The molecule has 42 heavy (non-hydrogen) atoms. The van der Waals surface area contributed by atoms with Gasteiger partial charge in [-0.3, -0.25) is 4.79 Å². The molecule has 3 unspecified atom stereocenters. The first-order valence-corrected chi connectivity index (χ1v) is 15.7. The summed E-state index contributed by atoms with van der Waals surface area (Å²) in [6.07, 6.45) is 5.87. The number of methoxy groups -OCH3 is 1. The van der Waals surface area contributed by atoms with Crippen molar-refractivity contribution in [3.05, 3.63) is 113 Å². The SMILES string of the molecule is COc1ccc(CN(CC2(C)CCCC3(C)c4ccc(C(C)C)cc4CCC23)C(=O)c2ccc3ccccc3c2)cc1. The number of hydrogen-bond donors (Lipinski definition) is 0. The highest BCUT2D eigenvalue weighted by Gasteiger charge is 2.52. The van der Waals surface area contributed by atoms with Gasteiger partial charge in [0.25, 0.3) is 5.91 Å². The maximum atomic E-state index is 14.4. The third-order valence-corrected chi connectivity index (χ3v) is 10.5. The summed E-state index contributed by atoms with van der Waals surface area (Å²) in [6.45, 7) is 10.9. The molecule has 3 nitrogen and oxygen atoms in total. The summed E-state index contributed by atoms with van der Waals surface area (Å²) in [7, 11) is 1.69. The molecule has 0 spiro atoms. The lowest BCUT2D eigenvalue weighted by Gasteiger charge is -2.56.